The van der Waals surface area contributed by atoms with Gasteiger partial charge in [0, 0.05) is 25.3 Å². The maximum Gasteiger partial charge on any atom is 0.261 e. The molecule has 2 amide bonds. The van der Waals surface area contributed by atoms with Crippen LogP contribution in [0.5, 0.6) is 5.88 Å². The Morgan fingerprint density at radius 1 is 1.11 bits per heavy atom. The summed E-state index contributed by atoms with van der Waals surface area (Å²) in [5.74, 6) is 0.0454. The van der Waals surface area contributed by atoms with Crippen molar-refractivity contribution < 1.29 is 19.8 Å². The Labute approximate surface area is 221 Å². The third kappa shape index (κ3) is 5.09. The Morgan fingerprint density at radius 2 is 1.82 bits per heavy atom. The van der Waals surface area contributed by atoms with Crippen LogP contribution in [-0.4, -0.2) is 98.7 Å². The summed E-state index contributed by atoms with van der Waals surface area (Å²) in [6, 6.07) is 4.91. The molecule has 1 saturated heterocycles. The molecule has 1 aromatic carbocycles. The zero-order chi connectivity index (χ0) is 27.0. The Morgan fingerprint density at radius 3 is 2.53 bits per heavy atom. The molecule has 0 saturated carbocycles. The molecule has 0 radical (unpaired) electrons. The average molecular weight is 522 g/mol. The third-order valence-corrected chi connectivity index (χ3v) is 7.20. The highest BCUT2D eigenvalue weighted by molar-refractivity contribution is 6.23. The Kier molecular flexibility index (Phi) is 7.33. The van der Waals surface area contributed by atoms with Crippen LogP contribution in [0, 0.1) is 5.92 Å². The molecule has 2 aliphatic rings. The SMILES string of the molecule is CC(C)CNCC(O)CNc1ccnc(O)c1-c1nc2cc3c(cc2[nH]1)C(=O)N(C1CCN(C)CC1)C3=O. The van der Waals surface area contributed by atoms with E-state index in [1.54, 1.807) is 18.2 Å². The van der Waals surface area contributed by atoms with Gasteiger partial charge in [0.1, 0.15) is 11.4 Å². The number of amides is 2. The van der Waals surface area contributed by atoms with E-state index in [9.17, 15) is 19.8 Å². The van der Waals surface area contributed by atoms with Crippen LogP contribution in [0.1, 0.15) is 47.4 Å². The smallest absolute Gasteiger partial charge is 0.261 e. The number of nitrogens with zero attached hydrogens (tertiary/aromatic N) is 4. The van der Waals surface area contributed by atoms with E-state index >= 15 is 0 Å². The number of H-pyrrole nitrogens is 1. The lowest BCUT2D eigenvalue weighted by molar-refractivity contribution is 0.0516. The van der Waals surface area contributed by atoms with E-state index in [4.69, 9.17) is 0 Å². The lowest BCUT2D eigenvalue weighted by Gasteiger charge is -2.33. The highest BCUT2D eigenvalue weighted by atomic mass is 16.3. The number of aliphatic hydroxyl groups is 1. The highest BCUT2D eigenvalue weighted by Gasteiger charge is 2.41. The minimum absolute atomic E-state index is 0.0997. The molecular weight excluding hydrogens is 486 g/mol. The number of aromatic hydroxyl groups is 1. The summed E-state index contributed by atoms with van der Waals surface area (Å²) in [5.41, 5.74) is 2.70. The van der Waals surface area contributed by atoms with Gasteiger partial charge in [-0.15, -0.1) is 0 Å². The minimum Gasteiger partial charge on any atom is -0.493 e. The van der Waals surface area contributed by atoms with Gasteiger partial charge in [0.15, 0.2) is 0 Å². The summed E-state index contributed by atoms with van der Waals surface area (Å²) < 4.78 is 0. The fourth-order valence-corrected chi connectivity index (χ4v) is 5.14. The molecule has 11 heteroatoms. The van der Waals surface area contributed by atoms with E-state index in [2.05, 4.69) is 44.3 Å². The number of pyridine rings is 1. The van der Waals surface area contributed by atoms with Crippen LogP contribution < -0.4 is 10.6 Å². The first kappa shape index (κ1) is 26.1. The summed E-state index contributed by atoms with van der Waals surface area (Å²) in [7, 11) is 2.04. The van der Waals surface area contributed by atoms with Crippen molar-refractivity contribution in [3.8, 4) is 17.3 Å². The fourth-order valence-electron chi connectivity index (χ4n) is 5.14. The quantitative estimate of drug-likeness (QED) is 0.267. The monoisotopic (exact) mass is 521 g/mol. The van der Waals surface area contributed by atoms with Crippen molar-refractivity contribution in [3.63, 3.8) is 0 Å². The molecule has 1 unspecified atom stereocenters. The van der Waals surface area contributed by atoms with Crippen LogP contribution in [0.3, 0.4) is 0 Å². The first-order valence-corrected chi connectivity index (χ1v) is 13.1. The number of carbonyl (C=O) groups is 2. The van der Waals surface area contributed by atoms with Gasteiger partial charge < -0.3 is 30.7 Å². The number of imidazole rings is 1. The Balaban J connectivity index is 1.38. The molecule has 11 nitrogen and oxygen atoms in total. The molecule has 0 aliphatic carbocycles. The number of aromatic amines is 1. The predicted octanol–water partition coefficient (Wildman–Crippen LogP) is 2.04. The van der Waals surface area contributed by atoms with Gasteiger partial charge in [0.05, 0.1) is 34.0 Å². The number of benzene rings is 1. The number of aliphatic hydroxyl groups excluding tert-OH is 1. The van der Waals surface area contributed by atoms with E-state index in [0.29, 0.717) is 51.7 Å². The maximum absolute atomic E-state index is 13.2. The van der Waals surface area contributed by atoms with Crippen LogP contribution in [0.25, 0.3) is 22.4 Å². The van der Waals surface area contributed by atoms with Gasteiger partial charge >= 0.3 is 0 Å². The third-order valence-electron chi connectivity index (χ3n) is 7.20. The first-order valence-electron chi connectivity index (χ1n) is 13.1. The van der Waals surface area contributed by atoms with E-state index < -0.39 is 6.10 Å². The molecule has 4 heterocycles. The normalized spacial score (nSPS) is 17.6. The molecule has 202 valence electrons. The van der Waals surface area contributed by atoms with Gasteiger partial charge in [-0.05, 0) is 63.6 Å². The van der Waals surface area contributed by atoms with Crippen molar-refractivity contribution in [2.75, 3.05) is 45.1 Å². The summed E-state index contributed by atoms with van der Waals surface area (Å²) >= 11 is 0. The highest BCUT2D eigenvalue weighted by Crippen LogP contribution is 2.36. The van der Waals surface area contributed by atoms with Gasteiger partial charge in [-0.3, -0.25) is 14.5 Å². The van der Waals surface area contributed by atoms with E-state index in [1.165, 1.54) is 11.1 Å². The van der Waals surface area contributed by atoms with E-state index in [1.807, 2.05) is 7.05 Å². The van der Waals surface area contributed by atoms with Crippen LogP contribution >= 0.6 is 0 Å². The maximum atomic E-state index is 13.2. The number of likely N-dealkylation sites (tertiary alicyclic amines) is 1. The molecule has 0 spiro atoms. The lowest BCUT2D eigenvalue weighted by atomic mass is 10.0. The molecule has 0 bridgehead atoms. The number of aromatic nitrogens is 3. The number of piperidine rings is 1. The number of nitrogens with one attached hydrogen (secondary N) is 3. The number of rotatable bonds is 9. The van der Waals surface area contributed by atoms with Crippen molar-refractivity contribution in [2.45, 2.75) is 38.8 Å². The number of hydrogen-bond acceptors (Lipinski definition) is 9. The molecule has 2 aliphatic heterocycles. The first-order chi connectivity index (χ1) is 18.2. The predicted molar refractivity (Wildman–Crippen MR) is 144 cm³/mol. The number of imide groups is 1. The van der Waals surface area contributed by atoms with Crippen molar-refractivity contribution in [2.24, 2.45) is 5.92 Å². The fraction of sp³-hybridized carbons (Fsp3) is 0.481. The van der Waals surface area contributed by atoms with Gasteiger partial charge in [-0.2, -0.15) is 0 Å². The molecule has 1 fully saturated rings. The molecule has 38 heavy (non-hydrogen) atoms. The van der Waals surface area contributed by atoms with E-state index in [-0.39, 0.29) is 30.3 Å². The zero-order valence-electron chi connectivity index (χ0n) is 22.0. The molecule has 3 aromatic rings. The molecular formula is C27H35N7O4. The molecule has 1 atom stereocenters. The van der Waals surface area contributed by atoms with Crippen LogP contribution in [-0.2, 0) is 0 Å². The molecule has 5 rings (SSSR count). The van der Waals surface area contributed by atoms with Crippen LogP contribution in [0.4, 0.5) is 5.69 Å². The number of hydrogen-bond donors (Lipinski definition) is 5. The second-order valence-corrected chi connectivity index (χ2v) is 10.7. The average Bonchev–Trinajstić information content (AvgIpc) is 3.39. The topological polar surface area (TPSA) is 147 Å². The number of fused-ring (bicyclic) bond motifs is 2. The second kappa shape index (κ2) is 10.7. The van der Waals surface area contributed by atoms with Gasteiger partial charge in [0.25, 0.3) is 11.8 Å². The van der Waals surface area contributed by atoms with Crippen molar-refractivity contribution in [1.82, 2.24) is 30.1 Å². The zero-order valence-corrected chi connectivity index (χ0v) is 22.0. The van der Waals surface area contributed by atoms with Crippen LogP contribution in [0.2, 0.25) is 0 Å². The van der Waals surface area contributed by atoms with Gasteiger partial charge in [-0.1, -0.05) is 13.8 Å². The van der Waals surface area contributed by atoms with Gasteiger partial charge in [-0.25, -0.2) is 9.97 Å². The Bertz CT molecular complexity index is 1290. The van der Waals surface area contributed by atoms with Crippen molar-refractivity contribution in [1.29, 1.82) is 0 Å². The molecule has 5 N–H and O–H groups in total. The Hall–Kier alpha value is -3.54. The number of carbonyl (C=O) groups excluding carboxylic acids is 2. The van der Waals surface area contributed by atoms with Crippen molar-refractivity contribution >= 4 is 28.5 Å². The summed E-state index contributed by atoms with van der Waals surface area (Å²) in [6.45, 7) is 7.39. The standard InChI is InChI=1S/C27H35N7O4/c1-15(2)12-28-13-17(35)14-30-20-4-7-29-25(36)23(20)24-31-21-10-18-19(11-22(21)32-24)27(38)34(26(18)37)16-5-8-33(3)9-6-16/h4,7,10-11,15-17,28,35H,5-6,8-9,12-14H2,1-3H3,(H,31,32)(H2,29,30,36). The lowest BCUT2D eigenvalue weighted by Crippen LogP contribution is -2.46. The van der Waals surface area contributed by atoms with Crippen molar-refractivity contribution in [3.05, 3.63) is 35.5 Å². The molecule has 2 aromatic heterocycles. The van der Waals surface area contributed by atoms with E-state index in [0.717, 1.165) is 32.5 Å². The largest absolute Gasteiger partial charge is 0.493 e. The van der Waals surface area contributed by atoms with Crippen LogP contribution in [0.15, 0.2) is 24.4 Å². The number of anilines is 1. The second-order valence-electron chi connectivity index (χ2n) is 10.7. The minimum atomic E-state index is -0.639. The summed E-state index contributed by atoms with van der Waals surface area (Å²) in [6.07, 6.45) is 2.36. The summed E-state index contributed by atoms with van der Waals surface area (Å²) in [4.78, 5) is 41.9. The summed E-state index contributed by atoms with van der Waals surface area (Å²) in [5, 5.41) is 27.3. The van der Waals surface area contributed by atoms with Gasteiger partial charge in [0.2, 0.25) is 5.88 Å².